The summed E-state index contributed by atoms with van der Waals surface area (Å²) in [5, 5.41) is 0. The molecule has 2 amide bonds. The molecule has 92 valence electrons. The molecule has 1 fully saturated rings. The fourth-order valence-electron chi connectivity index (χ4n) is 2.27. The molecule has 1 aliphatic heterocycles. The van der Waals surface area contributed by atoms with Crippen molar-refractivity contribution in [3.63, 3.8) is 0 Å². The molecule has 0 aliphatic carbocycles. The van der Waals surface area contributed by atoms with Crippen LogP contribution in [0.2, 0.25) is 0 Å². The molecule has 1 saturated heterocycles. The molecule has 0 saturated carbocycles. The van der Waals surface area contributed by atoms with Crippen LogP contribution in [0.15, 0.2) is 30.3 Å². The number of hydrogen-bond donors (Lipinski definition) is 1. The van der Waals surface area contributed by atoms with Crippen LogP contribution in [-0.2, 0) is 0 Å². The van der Waals surface area contributed by atoms with Gasteiger partial charge in [0.25, 0.3) is 0 Å². The Morgan fingerprint density at radius 2 is 2.06 bits per heavy atom. The number of carbonyl (C=O) groups excluding carboxylic acids is 1. The summed E-state index contributed by atoms with van der Waals surface area (Å²) in [6.45, 7) is 3.60. The van der Waals surface area contributed by atoms with E-state index in [1.165, 1.54) is 0 Å². The molecule has 4 heteroatoms. The van der Waals surface area contributed by atoms with Gasteiger partial charge in [0.15, 0.2) is 0 Å². The minimum Gasteiger partial charge on any atom is -0.323 e. The van der Waals surface area contributed by atoms with Crippen LogP contribution in [0.4, 0.5) is 10.5 Å². The Morgan fingerprint density at radius 1 is 1.35 bits per heavy atom. The molecule has 0 radical (unpaired) electrons. The zero-order valence-corrected chi connectivity index (χ0v) is 10.9. The highest BCUT2D eigenvalue weighted by molar-refractivity contribution is 7.80. The molecule has 1 aromatic carbocycles. The van der Waals surface area contributed by atoms with Crippen LogP contribution in [0, 0.1) is 0 Å². The van der Waals surface area contributed by atoms with Gasteiger partial charge in [-0.3, -0.25) is 4.90 Å². The molecule has 1 aromatic rings. The van der Waals surface area contributed by atoms with E-state index in [0.29, 0.717) is 0 Å². The summed E-state index contributed by atoms with van der Waals surface area (Å²) in [6.07, 6.45) is 0.931. The van der Waals surface area contributed by atoms with E-state index < -0.39 is 0 Å². The maximum Gasteiger partial charge on any atom is 0.324 e. The monoisotopic (exact) mass is 250 g/mol. The minimum absolute atomic E-state index is 0.116. The highest BCUT2D eigenvalue weighted by atomic mass is 32.1. The molecule has 0 N–H and O–H groups in total. The van der Waals surface area contributed by atoms with E-state index in [9.17, 15) is 4.79 Å². The van der Waals surface area contributed by atoms with Gasteiger partial charge in [0.2, 0.25) is 0 Å². The van der Waals surface area contributed by atoms with Gasteiger partial charge in [-0.15, -0.1) is 0 Å². The number of nitrogens with zero attached hydrogens (tertiary/aromatic N) is 2. The Balaban J connectivity index is 2.25. The van der Waals surface area contributed by atoms with Gasteiger partial charge in [-0.1, -0.05) is 18.2 Å². The Labute approximate surface area is 108 Å². The number of urea groups is 1. The smallest absolute Gasteiger partial charge is 0.323 e. The topological polar surface area (TPSA) is 23.6 Å². The van der Waals surface area contributed by atoms with Crippen LogP contribution in [0.3, 0.4) is 0 Å². The first kappa shape index (κ1) is 12.3. The summed E-state index contributed by atoms with van der Waals surface area (Å²) in [5.74, 6) is 0.804. The molecular weight excluding hydrogens is 232 g/mol. The largest absolute Gasteiger partial charge is 0.324 e. The number of amides is 2. The third-order valence-corrected chi connectivity index (χ3v) is 3.41. The lowest BCUT2D eigenvalue weighted by Gasteiger charge is -2.22. The third-order valence-electron chi connectivity index (χ3n) is 3.15. The van der Waals surface area contributed by atoms with Crippen molar-refractivity contribution >= 4 is 24.3 Å². The second-order valence-electron chi connectivity index (χ2n) is 4.19. The number of hydrogen-bond acceptors (Lipinski definition) is 2. The quantitative estimate of drug-likeness (QED) is 0.816. The Kier molecular flexibility index (Phi) is 3.94. The third kappa shape index (κ3) is 2.41. The Hall–Kier alpha value is -1.16. The minimum atomic E-state index is 0.116. The number of rotatable bonds is 4. The van der Waals surface area contributed by atoms with E-state index in [2.05, 4.69) is 12.6 Å². The van der Waals surface area contributed by atoms with Crippen molar-refractivity contribution in [2.24, 2.45) is 0 Å². The summed E-state index contributed by atoms with van der Waals surface area (Å²) < 4.78 is 0. The summed E-state index contributed by atoms with van der Waals surface area (Å²) in [4.78, 5) is 16.0. The second kappa shape index (κ2) is 5.45. The fraction of sp³-hybridized carbons (Fsp3) is 0.462. The zero-order chi connectivity index (χ0) is 12.3. The van der Waals surface area contributed by atoms with Crippen molar-refractivity contribution in [1.82, 2.24) is 4.90 Å². The van der Waals surface area contributed by atoms with Crippen molar-refractivity contribution in [2.45, 2.75) is 19.4 Å². The van der Waals surface area contributed by atoms with Crippen molar-refractivity contribution in [1.29, 1.82) is 0 Å². The second-order valence-corrected chi connectivity index (χ2v) is 4.64. The highest BCUT2D eigenvalue weighted by Gasteiger charge is 2.36. The van der Waals surface area contributed by atoms with E-state index >= 15 is 0 Å². The lowest BCUT2D eigenvalue weighted by atomic mass is 10.2. The van der Waals surface area contributed by atoms with Crippen LogP contribution in [0.25, 0.3) is 0 Å². The van der Waals surface area contributed by atoms with E-state index in [0.717, 1.165) is 31.0 Å². The van der Waals surface area contributed by atoms with Crippen molar-refractivity contribution in [3.05, 3.63) is 30.3 Å². The zero-order valence-electron chi connectivity index (χ0n) is 10.0. The van der Waals surface area contributed by atoms with Crippen molar-refractivity contribution in [3.8, 4) is 0 Å². The number of carbonyl (C=O) groups is 1. The predicted octanol–water partition coefficient (Wildman–Crippen LogP) is 2.64. The molecule has 1 atom stereocenters. The van der Waals surface area contributed by atoms with Crippen LogP contribution in [0.5, 0.6) is 0 Å². The maximum absolute atomic E-state index is 12.2. The van der Waals surface area contributed by atoms with Gasteiger partial charge in [0.1, 0.15) is 0 Å². The lowest BCUT2D eigenvalue weighted by Crippen LogP contribution is -2.35. The summed E-state index contributed by atoms with van der Waals surface area (Å²) in [5.41, 5.74) is 0.986. The number of para-hydroxylation sites is 1. The molecule has 2 rings (SSSR count). The van der Waals surface area contributed by atoms with Gasteiger partial charge in [-0.05, 0) is 31.2 Å². The number of anilines is 1. The number of likely N-dealkylation sites (N-methyl/N-ethyl adjacent to an activating group) is 1. The van der Waals surface area contributed by atoms with Crippen LogP contribution in [0.1, 0.15) is 13.3 Å². The maximum atomic E-state index is 12.2. The molecule has 1 aliphatic rings. The molecule has 17 heavy (non-hydrogen) atoms. The molecule has 1 heterocycles. The average Bonchev–Trinajstić information content (AvgIpc) is 2.67. The Bertz CT molecular complexity index is 382. The van der Waals surface area contributed by atoms with Crippen LogP contribution < -0.4 is 4.90 Å². The molecular formula is C13H18N2OS. The van der Waals surface area contributed by atoms with E-state index in [4.69, 9.17) is 0 Å². The SMILES string of the molecule is CCN1CC(CCS)N(c2ccccc2)C1=O. The van der Waals surface area contributed by atoms with Crippen LogP contribution >= 0.6 is 12.6 Å². The van der Waals surface area contributed by atoms with E-state index in [-0.39, 0.29) is 12.1 Å². The van der Waals surface area contributed by atoms with Crippen molar-refractivity contribution in [2.75, 3.05) is 23.7 Å². The van der Waals surface area contributed by atoms with Gasteiger partial charge < -0.3 is 4.90 Å². The fourth-order valence-corrected chi connectivity index (χ4v) is 2.56. The van der Waals surface area contributed by atoms with Gasteiger partial charge in [0.05, 0.1) is 6.04 Å². The first-order valence-electron chi connectivity index (χ1n) is 6.02. The molecule has 0 bridgehead atoms. The van der Waals surface area contributed by atoms with E-state index in [1.807, 2.05) is 47.1 Å². The standard InChI is InChI=1S/C13H18N2OS/c1-2-14-10-12(8-9-17)15(13(14)16)11-6-4-3-5-7-11/h3-7,12,17H,2,8-10H2,1H3. The van der Waals surface area contributed by atoms with Gasteiger partial charge in [-0.25, -0.2) is 4.79 Å². The van der Waals surface area contributed by atoms with Gasteiger partial charge in [0, 0.05) is 18.8 Å². The Morgan fingerprint density at radius 3 is 2.65 bits per heavy atom. The molecule has 3 nitrogen and oxygen atoms in total. The van der Waals surface area contributed by atoms with Crippen molar-refractivity contribution < 1.29 is 4.79 Å². The first-order chi connectivity index (χ1) is 8.27. The highest BCUT2D eigenvalue weighted by Crippen LogP contribution is 2.26. The summed E-state index contributed by atoms with van der Waals surface area (Å²) >= 11 is 4.28. The van der Waals surface area contributed by atoms with Gasteiger partial charge >= 0.3 is 6.03 Å². The number of thiol groups is 1. The van der Waals surface area contributed by atoms with Gasteiger partial charge in [-0.2, -0.15) is 12.6 Å². The summed E-state index contributed by atoms with van der Waals surface area (Å²) in [7, 11) is 0. The number of benzene rings is 1. The lowest BCUT2D eigenvalue weighted by molar-refractivity contribution is 0.223. The summed E-state index contributed by atoms with van der Waals surface area (Å²) in [6, 6.07) is 10.2. The first-order valence-corrected chi connectivity index (χ1v) is 6.65. The normalized spacial score (nSPS) is 20.1. The van der Waals surface area contributed by atoms with E-state index in [1.54, 1.807) is 0 Å². The molecule has 0 aromatic heterocycles. The molecule has 1 unspecified atom stereocenters. The molecule has 0 spiro atoms. The average molecular weight is 250 g/mol. The predicted molar refractivity (Wildman–Crippen MR) is 73.8 cm³/mol. The van der Waals surface area contributed by atoms with Crippen LogP contribution in [-0.4, -0.2) is 35.8 Å².